The van der Waals surface area contributed by atoms with Crippen LogP contribution in [0.1, 0.15) is 43.7 Å². The summed E-state index contributed by atoms with van der Waals surface area (Å²) in [6, 6.07) is 9.91. The standard InChI is InChI=1S/C18H23BN2O4/c1-17(2)18(3,4)25-19(24-17)14-12-21(20-15(14)16(22)23-5)11-13-9-7-6-8-10-13/h6-10,12H,11H2,1-5H3. The highest BCUT2D eigenvalue weighted by atomic mass is 16.7. The first kappa shape index (κ1) is 17.7. The molecule has 0 spiro atoms. The van der Waals surface area contributed by atoms with Crippen LogP contribution in [-0.2, 0) is 20.6 Å². The lowest BCUT2D eigenvalue weighted by atomic mass is 9.79. The molecule has 1 aromatic carbocycles. The number of ether oxygens (including phenoxy) is 1. The molecule has 0 bridgehead atoms. The van der Waals surface area contributed by atoms with Crippen molar-refractivity contribution in [3.05, 3.63) is 47.8 Å². The lowest BCUT2D eigenvalue weighted by Gasteiger charge is -2.32. The van der Waals surface area contributed by atoms with Gasteiger partial charge in [0.15, 0.2) is 5.69 Å². The van der Waals surface area contributed by atoms with Crippen molar-refractivity contribution in [3.63, 3.8) is 0 Å². The largest absolute Gasteiger partial charge is 0.498 e. The number of nitrogens with zero attached hydrogens (tertiary/aromatic N) is 2. The molecule has 2 heterocycles. The monoisotopic (exact) mass is 342 g/mol. The van der Waals surface area contributed by atoms with Gasteiger partial charge in [0.2, 0.25) is 0 Å². The second kappa shape index (κ2) is 6.31. The first-order valence-corrected chi connectivity index (χ1v) is 8.29. The van der Waals surface area contributed by atoms with Gasteiger partial charge in [-0.3, -0.25) is 4.68 Å². The summed E-state index contributed by atoms with van der Waals surface area (Å²) in [5.41, 5.74) is 0.902. The summed E-state index contributed by atoms with van der Waals surface area (Å²) in [4.78, 5) is 12.2. The second-order valence-electron chi connectivity index (χ2n) is 7.20. The quantitative estimate of drug-likeness (QED) is 0.628. The van der Waals surface area contributed by atoms with Crippen LogP contribution in [0.4, 0.5) is 0 Å². The van der Waals surface area contributed by atoms with E-state index in [2.05, 4.69) is 5.10 Å². The molecule has 7 heteroatoms. The predicted molar refractivity (Wildman–Crippen MR) is 94.8 cm³/mol. The fraction of sp³-hybridized carbons (Fsp3) is 0.444. The Bertz CT molecular complexity index is 755. The number of carbonyl (C=O) groups is 1. The van der Waals surface area contributed by atoms with Crippen LogP contribution in [0.25, 0.3) is 0 Å². The van der Waals surface area contributed by atoms with Crippen molar-refractivity contribution in [1.82, 2.24) is 9.78 Å². The molecule has 1 aliphatic rings. The van der Waals surface area contributed by atoms with Crippen molar-refractivity contribution in [2.45, 2.75) is 45.4 Å². The van der Waals surface area contributed by atoms with Crippen molar-refractivity contribution in [1.29, 1.82) is 0 Å². The van der Waals surface area contributed by atoms with E-state index < -0.39 is 24.3 Å². The Morgan fingerprint density at radius 3 is 2.32 bits per heavy atom. The van der Waals surface area contributed by atoms with E-state index in [-0.39, 0.29) is 5.69 Å². The minimum absolute atomic E-state index is 0.219. The van der Waals surface area contributed by atoms with Gasteiger partial charge in [-0.25, -0.2) is 4.79 Å². The molecule has 1 aromatic heterocycles. The van der Waals surface area contributed by atoms with Crippen molar-refractivity contribution < 1.29 is 18.8 Å². The zero-order valence-corrected chi connectivity index (χ0v) is 15.3. The van der Waals surface area contributed by atoms with Gasteiger partial charge in [0.05, 0.1) is 24.9 Å². The van der Waals surface area contributed by atoms with Gasteiger partial charge in [0.25, 0.3) is 0 Å². The molecule has 0 amide bonds. The van der Waals surface area contributed by atoms with Crippen molar-refractivity contribution in [3.8, 4) is 0 Å². The summed E-state index contributed by atoms with van der Waals surface area (Å²) < 4.78 is 18.7. The average Bonchev–Trinajstić information content (AvgIpc) is 3.06. The lowest BCUT2D eigenvalue weighted by Crippen LogP contribution is -2.41. The van der Waals surface area contributed by atoms with Crippen LogP contribution < -0.4 is 5.46 Å². The van der Waals surface area contributed by atoms with Gasteiger partial charge >= 0.3 is 13.1 Å². The van der Waals surface area contributed by atoms with E-state index >= 15 is 0 Å². The summed E-state index contributed by atoms with van der Waals surface area (Å²) in [6.07, 6.45) is 1.79. The van der Waals surface area contributed by atoms with Gasteiger partial charge in [-0.1, -0.05) is 30.3 Å². The Hall–Kier alpha value is -2.12. The number of carbonyl (C=O) groups excluding carboxylic acids is 1. The molecule has 6 nitrogen and oxygen atoms in total. The summed E-state index contributed by atoms with van der Waals surface area (Å²) >= 11 is 0. The highest BCUT2D eigenvalue weighted by molar-refractivity contribution is 6.63. The second-order valence-corrected chi connectivity index (χ2v) is 7.20. The number of esters is 1. The van der Waals surface area contributed by atoms with E-state index in [9.17, 15) is 4.79 Å². The first-order valence-electron chi connectivity index (χ1n) is 8.29. The number of rotatable bonds is 4. The smallest absolute Gasteiger partial charge is 0.464 e. The summed E-state index contributed by atoms with van der Waals surface area (Å²) in [6.45, 7) is 8.43. The van der Waals surface area contributed by atoms with E-state index in [0.29, 0.717) is 12.0 Å². The van der Waals surface area contributed by atoms with Gasteiger partial charge in [-0.15, -0.1) is 0 Å². The normalized spacial score (nSPS) is 18.4. The molecule has 0 radical (unpaired) electrons. The molecule has 25 heavy (non-hydrogen) atoms. The fourth-order valence-electron chi connectivity index (χ4n) is 2.69. The Kier molecular flexibility index (Phi) is 4.47. The third kappa shape index (κ3) is 3.34. The van der Waals surface area contributed by atoms with Gasteiger partial charge < -0.3 is 14.0 Å². The average molecular weight is 342 g/mol. The molecular weight excluding hydrogens is 319 g/mol. The van der Waals surface area contributed by atoms with Crippen LogP contribution in [0.3, 0.4) is 0 Å². The highest BCUT2D eigenvalue weighted by Gasteiger charge is 2.53. The van der Waals surface area contributed by atoms with E-state index in [4.69, 9.17) is 14.0 Å². The zero-order chi connectivity index (χ0) is 18.2. The van der Waals surface area contributed by atoms with Crippen LogP contribution in [0, 0.1) is 0 Å². The Labute approximate surface area is 148 Å². The maximum absolute atomic E-state index is 12.2. The molecule has 2 aromatic rings. The van der Waals surface area contributed by atoms with Crippen molar-refractivity contribution >= 4 is 18.6 Å². The molecule has 132 valence electrons. The maximum Gasteiger partial charge on any atom is 0.498 e. The van der Waals surface area contributed by atoms with Gasteiger partial charge in [0, 0.05) is 11.7 Å². The van der Waals surface area contributed by atoms with Crippen LogP contribution in [0.15, 0.2) is 36.5 Å². The third-order valence-corrected chi connectivity index (χ3v) is 4.86. The Balaban J connectivity index is 1.94. The number of hydrogen-bond acceptors (Lipinski definition) is 5. The molecule has 1 aliphatic heterocycles. The van der Waals surface area contributed by atoms with Crippen LogP contribution in [-0.4, -0.2) is 41.2 Å². The zero-order valence-electron chi connectivity index (χ0n) is 15.3. The molecule has 3 rings (SSSR count). The summed E-state index contributed by atoms with van der Waals surface area (Å²) in [5, 5.41) is 4.40. The number of hydrogen-bond donors (Lipinski definition) is 0. The predicted octanol–water partition coefficient (Wildman–Crippen LogP) is 2.02. The van der Waals surface area contributed by atoms with E-state index in [1.165, 1.54) is 7.11 Å². The van der Waals surface area contributed by atoms with E-state index in [1.807, 2.05) is 58.0 Å². The minimum atomic E-state index is -0.663. The molecule has 0 aliphatic carbocycles. The SMILES string of the molecule is COC(=O)c1nn(Cc2ccccc2)cc1B1OC(C)(C)C(C)(C)O1. The van der Waals surface area contributed by atoms with E-state index in [0.717, 1.165) is 5.56 Å². The molecule has 0 unspecified atom stereocenters. The third-order valence-electron chi connectivity index (χ3n) is 4.86. The fourth-order valence-corrected chi connectivity index (χ4v) is 2.69. The summed E-state index contributed by atoms with van der Waals surface area (Å²) in [7, 11) is 0.677. The maximum atomic E-state index is 12.2. The minimum Gasteiger partial charge on any atom is -0.464 e. The Morgan fingerprint density at radius 2 is 1.76 bits per heavy atom. The lowest BCUT2D eigenvalue weighted by molar-refractivity contribution is 0.00578. The van der Waals surface area contributed by atoms with Crippen molar-refractivity contribution in [2.24, 2.45) is 0 Å². The molecule has 0 saturated carbocycles. The van der Waals surface area contributed by atoms with Crippen molar-refractivity contribution in [2.75, 3.05) is 7.11 Å². The van der Waals surface area contributed by atoms with Gasteiger partial charge in [-0.2, -0.15) is 5.10 Å². The Morgan fingerprint density at radius 1 is 1.16 bits per heavy atom. The van der Waals surface area contributed by atoms with Crippen LogP contribution in [0.5, 0.6) is 0 Å². The summed E-state index contributed by atoms with van der Waals surface area (Å²) in [5.74, 6) is -0.503. The molecule has 0 N–H and O–H groups in total. The molecule has 0 atom stereocenters. The van der Waals surface area contributed by atoms with Gasteiger partial charge in [0.1, 0.15) is 0 Å². The van der Waals surface area contributed by atoms with Crippen LogP contribution in [0.2, 0.25) is 0 Å². The van der Waals surface area contributed by atoms with Gasteiger partial charge in [-0.05, 0) is 33.3 Å². The first-order chi connectivity index (χ1) is 11.7. The number of aromatic nitrogens is 2. The topological polar surface area (TPSA) is 62.6 Å². The molecular formula is C18H23BN2O4. The van der Waals surface area contributed by atoms with Crippen LogP contribution >= 0.6 is 0 Å². The van der Waals surface area contributed by atoms with E-state index in [1.54, 1.807) is 10.9 Å². The number of methoxy groups -OCH3 is 1. The molecule has 1 saturated heterocycles. The molecule has 1 fully saturated rings. The number of benzene rings is 1. The highest BCUT2D eigenvalue weighted by Crippen LogP contribution is 2.36.